The van der Waals surface area contributed by atoms with Gasteiger partial charge in [0, 0.05) is 45.3 Å². The first-order chi connectivity index (χ1) is 13.6. The Labute approximate surface area is 163 Å². The molecule has 3 heterocycles. The fraction of sp³-hybridized carbons (Fsp3) is 0.450. The maximum Gasteiger partial charge on any atom is 0.306 e. The zero-order valence-electron chi connectivity index (χ0n) is 15.7. The van der Waals surface area contributed by atoms with Gasteiger partial charge in [-0.2, -0.15) is 0 Å². The molecule has 0 bridgehead atoms. The van der Waals surface area contributed by atoms with Gasteiger partial charge in [-0.1, -0.05) is 12.1 Å². The van der Waals surface area contributed by atoms with Crippen LogP contribution in [-0.4, -0.2) is 60.3 Å². The Hall–Kier alpha value is -2.90. The first-order valence-corrected chi connectivity index (χ1v) is 9.66. The summed E-state index contributed by atoms with van der Waals surface area (Å²) in [6.07, 6.45) is 2.84. The number of carbonyl (C=O) groups is 1. The number of piperazine rings is 1. The third-order valence-electron chi connectivity index (χ3n) is 5.60. The lowest BCUT2D eigenvalue weighted by atomic mass is 9.97. The van der Waals surface area contributed by atoms with Crippen LogP contribution in [-0.2, 0) is 4.79 Å². The molecule has 1 aromatic heterocycles. The maximum atomic E-state index is 14.0. The number of anilines is 3. The highest BCUT2D eigenvalue weighted by Crippen LogP contribution is 2.26. The summed E-state index contributed by atoms with van der Waals surface area (Å²) < 4.78 is 14.0. The number of rotatable bonds is 4. The highest BCUT2D eigenvalue weighted by molar-refractivity contribution is 5.70. The van der Waals surface area contributed by atoms with Crippen LogP contribution in [0.3, 0.4) is 0 Å². The van der Waals surface area contributed by atoms with Gasteiger partial charge in [-0.15, -0.1) is 0 Å². The van der Waals surface area contributed by atoms with Gasteiger partial charge >= 0.3 is 5.97 Å². The van der Waals surface area contributed by atoms with Crippen LogP contribution in [0.4, 0.5) is 21.7 Å². The van der Waals surface area contributed by atoms with Crippen LogP contribution in [0.5, 0.6) is 0 Å². The molecule has 4 rings (SSSR count). The number of piperidine rings is 1. The number of hydrogen-bond donors (Lipinski definition) is 1. The summed E-state index contributed by atoms with van der Waals surface area (Å²) in [6.45, 7) is 4.34. The standard InChI is InChI=1S/C20H24FN5O2/c21-16-3-1-2-4-17(16)24-9-11-26(12-10-24)19-13-18(22-14-23-19)25-7-5-15(6-8-25)20(27)28/h1-4,13-15H,5-12H2,(H,27,28). The topological polar surface area (TPSA) is 72.8 Å². The second-order valence-electron chi connectivity index (χ2n) is 7.26. The SMILES string of the molecule is O=C(O)C1CCN(c2cc(N3CCN(c4ccccc4F)CC3)ncn2)CC1. The smallest absolute Gasteiger partial charge is 0.306 e. The number of carboxylic acid groups (broad SMARTS) is 1. The first kappa shape index (κ1) is 18.5. The molecule has 0 spiro atoms. The van der Waals surface area contributed by atoms with Gasteiger partial charge < -0.3 is 19.8 Å². The van der Waals surface area contributed by atoms with Crippen LogP contribution in [0.1, 0.15) is 12.8 Å². The fourth-order valence-corrected chi connectivity index (χ4v) is 3.92. The van der Waals surface area contributed by atoms with Crippen molar-refractivity contribution in [3.05, 3.63) is 42.5 Å². The minimum absolute atomic E-state index is 0.190. The number of benzene rings is 1. The fourth-order valence-electron chi connectivity index (χ4n) is 3.92. The van der Waals surface area contributed by atoms with Crippen molar-refractivity contribution in [2.45, 2.75) is 12.8 Å². The molecule has 8 heteroatoms. The monoisotopic (exact) mass is 385 g/mol. The average molecular weight is 385 g/mol. The van der Waals surface area contributed by atoms with Crippen molar-refractivity contribution < 1.29 is 14.3 Å². The van der Waals surface area contributed by atoms with Crippen molar-refractivity contribution in [1.82, 2.24) is 9.97 Å². The summed E-state index contributed by atoms with van der Waals surface area (Å²) in [5.41, 5.74) is 0.645. The molecule has 148 valence electrons. The molecule has 1 aromatic carbocycles. The van der Waals surface area contributed by atoms with E-state index in [1.165, 1.54) is 6.07 Å². The Morgan fingerprint density at radius 3 is 2.11 bits per heavy atom. The molecule has 2 aliphatic rings. The molecular weight excluding hydrogens is 361 g/mol. The number of aliphatic carboxylic acids is 1. The highest BCUT2D eigenvalue weighted by atomic mass is 19.1. The van der Waals surface area contributed by atoms with Gasteiger partial charge in [-0.25, -0.2) is 14.4 Å². The van der Waals surface area contributed by atoms with E-state index >= 15 is 0 Å². The largest absolute Gasteiger partial charge is 0.481 e. The number of hydrogen-bond acceptors (Lipinski definition) is 6. The van der Waals surface area contributed by atoms with Crippen LogP contribution >= 0.6 is 0 Å². The molecular formula is C20H24FN5O2. The van der Waals surface area contributed by atoms with Crippen LogP contribution in [0.25, 0.3) is 0 Å². The highest BCUT2D eigenvalue weighted by Gasteiger charge is 2.26. The van der Waals surface area contributed by atoms with Crippen LogP contribution < -0.4 is 14.7 Å². The summed E-state index contributed by atoms with van der Waals surface area (Å²) in [4.78, 5) is 26.3. The van der Waals surface area contributed by atoms with Crippen molar-refractivity contribution >= 4 is 23.3 Å². The molecule has 2 saturated heterocycles. The van der Waals surface area contributed by atoms with Crippen molar-refractivity contribution in [2.24, 2.45) is 5.92 Å². The van der Waals surface area contributed by atoms with E-state index in [4.69, 9.17) is 5.11 Å². The average Bonchev–Trinajstić information content (AvgIpc) is 2.74. The van der Waals surface area contributed by atoms with Crippen LogP contribution in [0, 0.1) is 11.7 Å². The number of aromatic nitrogens is 2. The molecule has 1 N–H and O–H groups in total. The summed E-state index contributed by atoms with van der Waals surface area (Å²) in [5, 5.41) is 9.15. The van der Waals surface area contributed by atoms with E-state index < -0.39 is 5.97 Å². The van der Waals surface area contributed by atoms with E-state index in [1.54, 1.807) is 12.4 Å². The van der Waals surface area contributed by atoms with E-state index in [9.17, 15) is 9.18 Å². The normalized spacial score (nSPS) is 18.4. The quantitative estimate of drug-likeness (QED) is 0.865. The van der Waals surface area contributed by atoms with Gasteiger partial charge in [-0.05, 0) is 25.0 Å². The van der Waals surface area contributed by atoms with E-state index in [2.05, 4.69) is 24.7 Å². The Balaban J connectivity index is 1.39. The van der Waals surface area contributed by atoms with E-state index in [1.807, 2.05) is 18.2 Å². The van der Waals surface area contributed by atoms with Crippen LogP contribution in [0.2, 0.25) is 0 Å². The van der Waals surface area contributed by atoms with Gasteiger partial charge in [-0.3, -0.25) is 4.79 Å². The summed E-state index contributed by atoms with van der Waals surface area (Å²) in [7, 11) is 0. The molecule has 28 heavy (non-hydrogen) atoms. The van der Waals surface area contributed by atoms with Crippen molar-refractivity contribution in [3.8, 4) is 0 Å². The predicted molar refractivity (Wildman–Crippen MR) is 105 cm³/mol. The number of para-hydroxylation sites is 1. The third-order valence-corrected chi connectivity index (χ3v) is 5.60. The van der Waals surface area contributed by atoms with Crippen molar-refractivity contribution in [2.75, 3.05) is 54.0 Å². The molecule has 0 saturated carbocycles. The lowest BCUT2D eigenvalue weighted by Crippen LogP contribution is -2.47. The Kier molecular flexibility index (Phi) is 5.27. The van der Waals surface area contributed by atoms with Gasteiger partial charge in [0.2, 0.25) is 0 Å². The van der Waals surface area contributed by atoms with Gasteiger partial charge in [0.1, 0.15) is 23.8 Å². The Bertz CT molecular complexity index is 833. The molecule has 7 nitrogen and oxygen atoms in total. The predicted octanol–water partition coefficient (Wildman–Crippen LogP) is 2.24. The van der Waals surface area contributed by atoms with Crippen LogP contribution in [0.15, 0.2) is 36.7 Å². The van der Waals surface area contributed by atoms with E-state index in [-0.39, 0.29) is 11.7 Å². The summed E-state index contributed by atoms with van der Waals surface area (Å²) in [6, 6.07) is 8.84. The van der Waals surface area contributed by atoms with E-state index in [0.29, 0.717) is 31.6 Å². The number of carboxylic acids is 1. The lowest BCUT2D eigenvalue weighted by Gasteiger charge is -2.37. The zero-order chi connectivity index (χ0) is 19.5. The second kappa shape index (κ2) is 8.00. The number of nitrogens with zero attached hydrogens (tertiary/aromatic N) is 5. The lowest BCUT2D eigenvalue weighted by molar-refractivity contribution is -0.142. The first-order valence-electron chi connectivity index (χ1n) is 9.66. The molecule has 0 aliphatic carbocycles. The molecule has 2 aromatic rings. The third kappa shape index (κ3) is 3.85. The van der Waals surface area contributed by atoms with Gasteiger partial charge in [0.05, 0.1) is 11.6 Å². The minimum Gasteiger partial charge on any atom is -0.481 e. The van der Waals surface area contributed by atoms with E-state index in [0.717, 1.165) is 37.8 Å². The zero-order valence-corrected chi connectivity index (χ0v) is 15.7. The number of halogens is 1. The van der Waals surface area contributed by atoms with Crippen molar-refractivity contribution in [1.29, 1.82) is 0 Å². The molecule has 2 aliphatic heterocycles. The molecule has 0 radical (unpaired) electrons. The molecule has 2 fully saturated rings. The molecule has 0 amide bonds. The Morgan fingerprint density at radius 1 is 0.929 bits per heavy atom. The van der Waals surface area contributed by atoms with Gasteiger partial charge in [0.25, 0.3) is 0 Å². The summed E-state index contributed by atoms with van der Waals surface area (Å²) in [5.74, 6) is 0.536. The minimum atomic E-state index is -0.712. The second-order valence-corrected chi connectivity index (χ2v) is 7.26. The Morgan fingerprint density at radius 2 is 1.50 bits per heavy atom. The van der Waals surface area contributed by atoms with Crippen molar-refractivity contribution in [3.63, 3.8) is 0 Å². The molecule has 0 unspecified atom stereocenters. The summed E-state index contributed by atoms with van der Waals surface area (Å²) >= 11 is 0. The van der Waals surface area contributed by atoms with Gasteiger partial charge in [0.15, 0.2) is 0 Å². The molecule has 0 atom stereocenters. The maximum absolute atomic E-state index is 14.0.